The second-order valence-corrected chi connectivity index (χ2v) is 9.62. The van der Waals surface area contributed by atoms with Crippen molar-refractivity contribution >= 4 is 45.5 Å². The molecule has 0 saturated heterocycles. The van der Waals surface area contributed by atoms with Gasteiger partial charge in [0.1, 0.15) is 0 Å². The van der Waals surface area contributed by atoms with Crippen LogP contribution < -0.4 is 21.3 Å². The van der Waals surface area contributed by atoms with Gasteiger partial charge in [-0.05, 0) is 25.2 Å². The van der Waals surface area contributed by atoms with Gasteiger partial charge in [-0.1, -0.05) is 61.6 Å². The lowest BCUT2D eigenvalue weighted by molar-refractivity contribution is -0.120. The molecule has 0 atom stereocenters. The summed E-state index contributed by atoms with van der Waals surface area (Å²) in [6.45, 7) is 7.27. The number of rotatable bonds is 15. The Morgan fingerprint density at radius 2 is 1.45 bits per heavy atom. The van der Waals surface area contributed by atoms with E-state index in [0.717, 1.165) is 38.5 Å². The van der Waals surface area contributed by atoms with Crippen LogP contribution in [0, 0.1) is 5.92 Å². The molecule has 0 rings (SSSR count). The van der Waals surface area contributed by atoms with Gasteiger partial charge in [0.2, 0.25) is 11.8 Å². The molecule has 0 fully saturated rings. The quantitative estimate of drug-likeness (QED) is 0.225. The molecule has 0 spiro atoms. The standard InChI is InChI=1S/C19H36N4O4S2/c1-4-5-6-7-10-16(24)22-19(27)21-12-13-28-29-14-17(25)23-18(26)20-11-8-9-15(2)3/h15H,4-14H2,1-3H3,(H2,20,23,25,26)(H2,21,22,24,27). The summed E-state index contributed by atoms with van der Waals surface area (Å²) in [5, 5.41) is 9.84. The van der Waals surface area contributed by atoms with Crippen LogP contribution in [0.2, 0.25) is 0 Å². The Labute approximate surface area is 182 Å². The van der Waals surface area contributed by atoms with E-state index >= 15 is 0 Å². The number of hydrogen-bond donors (Lipinski definition) is 4. The number of amides is 6. The minimum absolute atomic E-state index is 0.145. The van der Waals surface area contributed by atoms with Gasteiger partial charge in [-0.25, -0.2) is 9.59 Å². The molecule has 0 aromatic carbocycles. The van der Waals surface area contributed by atoms with E-state index in [-0.39, 0.29) is 17.6 Å². The van der Waals surface area contributed by atoms with Gasteiger partial charge in [-0.2, -0.15) is 0 Å². The van der Waals surface area contributed by atoms with Crippen LogP contribution >= 0.6 is 21.6 Å². The Morgan fingerprint density at radius 3 is 2.10 bits per heavy atom. The molecule has 6 amide bonds. The van der Waals surface area contributed by atoms with Gasteiger partial charge in [0.25, 0.3) is 0 Å². The van der Waals surface area contributed by atoms with Gasteiger partial charge in [0.05, 0.1) is 5.75 Å². The molecular formula is C19H36N4O4S2. The third-order valence-electron chi connectivity index (χ3n) is 3.75. The second kappa shape index (κ2) is 18.6. The molecule has 0 heterocycles. The van der Waals surface area contributed by atoms with E-state index in [0.29, 0.717) is 31.2 Å². The smallest absolute Gasteiger partial charge is 0.321 e. The van der Waals surface area contributed by atoms with Gasteiger partial charge in [-0.15, -0.1) is 0 Å². The maximum atomic E-state index is 11.7. The van der Waals surface area contributed by atoms with Crippen LogP contribution in [0.4, 0.5) is 9.59 Å². The van der Waals surface area contributed by atoms with Crippen molar-refractivity contribution in [1.29, 1.82) is 0 Å². The molecular weight excluding hydrogens is 412 g/mol. The number of hydrogen-bond acceptors (Lipinski definition) is 6. The van der Waals surface area contributed by atoms with Crippen LogP contribution in [-0.4, -0.2) is 48.5 Å². The van der Waals surface area contributed by atoms with Crippen LogP contribution in [0.5, 0.6) is 0 Å². The Hall–Kier alpha value is -1.42. The first-order chi connectivity index (χ1) is 13.8. The molecule has 29 heavy (non-hydrogen) atoms. The summed E-state index contributed by atoms with van der Waals surface area (Å²) in [6.07, 6.45) is 6.25. The number of urea groups is 2. The fourth-order valence-corrected chi connectivity index (χ4v) is 3.97. The number of imide groups is 2. The zero-order valence-electron chi connectivity index (χ0n) is 17.8. The fraction of sp³-hybridized carbons (Fsp3) is 0.789. The van der Waals surface area contributed by atoms with Crippen LogP contribution in [0.1, 0.15) is 65.7 Å². The molecule has 4 N–H and O–H groups in total. The zero-order valence-corrected chi connectivity index (χ0v) is 19.4. The normalized spacial score (nSPS) is 10.5. The largest absolute Gasteiger partial charge is 0.338 e. The maximum Gasteiger partial charge on any atom is 0.321 e. The number of nitrogens with one attached hydrogen (secondary N) is 4. The van der Waals surface area contributed by atoms with Crippen molar-refractivity contribution in [2.24, 2.45) is 5.92 Å². The van der Waals surface area contributed by atoms with E-state index in [1.807, 2.05) is 0 Å². The summed E-state index contributed by atoms with van der Waals surface area (Å²) in [7, 11) is 2.71. The lowest BCUT2D eigenvalue weighted by Gasteiger charge is -2.08. The number of unbranched alkanes of at least 4 members (excludes halogenated alkanes) is 3. The first-order valence-electron chi connectivity index (χ1n) is 10.2. The Balaban J connectivity index is 3.58. The van der Waals surface area contributed by atoms with Crippen molar-refractivity contribution in [1.82, 2.24) is 21.3 Å². The Morgan fingerprint density at radius 1 is 0.793 bits per heavy atom. The highest BCUT2D eigenvalue weighted by molar-refractivity contribution is 8.76. The van der Waals surface area contributed by atoms with Gasteiger partial charge < -0.3 is 10.6 Å². The highest BCUT2D eigenvalue weighted by atomic mass is 33.1. The molecule has 0 bridgehead atoms. The lowest BCUT2D eigenvalue weighted by atomic mass is 10.1. The minimum Gasteiger partial charge on any atom is -0.338 e. The van der Waals surface area contributed by atoms with E-state index in [4.69, 9.17) is 0 Å². The monoisotopic (exact) mass is 448 g/mol. The molecule has 0 aromatic heterocycles. The summed E-state index contributed by atoms with van der Waals surface area (Å²) >= 11 is 0. The van der Waals surface area contributed by atoms with Gasteiger partial charge in [0.15, 0.2) is 0 Å². The number of carbonyl (C=O) groups excluding carboxylic acids is 4. The number of carbonyl (C=O) groups is 4. The first kappa shape index (κ1) is 27.6. The predicted octanol–water partition coefficient (Wildman–Crippen LogP) is 3.43. The summed E-state index contributed by atoms with van der Waals surface area (Å²) in [5.41, 5.74) is 0. The molecule has 0 radical (unpaired) electrons. The van der Waals surface area contributed by atoms with Crippen molar-refractivity contribution < 1.29 is 19.2 Å². The van der Waals surface area contributed by atoms with Crippen molar-refractivity contribution in [3.8, 4) is 0 Å². The van der Waals surface area contributed by atoms with Crippen LogP contribution in [0.3, 0.4) is 0 Å². The van der Waals surface area contributed by atoms with Gasteiger partial charge in [0, 0.05) is 25.3 Å². The first-order valence-corrected chi connectivity index (χ1v) is 12.7. The SMILES string of the molecule is CCCCCCC(=O)NC(=O)NCCSSCC(=O)NC(=O)NCCCC(C)C. The summed E-state index contributed by atoms with van der Waals surface area (Å²) in [5.74, 6) is 0.693. The molecule has 0 saturated carbocycles. The molecule has 10 heteroatoms. The summed E-state index contributed by atoms with van der Waals surface area (Å²) < 4.78 is 0. The van der Waals surface area contributed by atoms with Crippen LogP contribution in [-0.2, 0) is 9.59 Å². The average molecular weight is 449 g/mol. The molecule has 0 aliphatic carbocycles. The molecule has 8 nitrogen and oxygen atoms in total. The third-order valence-corrected chi connectivity index (χ3v) is 6.02. The van der Waals surface area contributed by atoms with E-state index < -0.39 is 12.1 Å². The molecule has 0 aliphatic rings. The molecule has 0 aliphatic heterocycles. The second-order valence-electron chi connectivity index (χ2n) is 7.04. The van der Waals surface area contributed by atoms with Gasteiger partial charge >= 0.3 is 12.1 Å². The van der Waals surface area contributed by atoms with Crippen molar-refractivity contribution in [2.45, 2.75) is 65.7 Å². The Bertz CT molecular complexity index is 505. The van der Waals surface area contributed by atoms with E-state index in [2.05, 4.69) is 42.0 Å². The average Bonchev–Trinajstić information content (AvgIpc) is 2.65. The minimum atomic E-state index is -0.497. The van der Waals surface area contributed by atoms with Crippen molar-refractivity contribution in [2.75, 3.05) is 24.6 Å². The van der Waals surface area contributed by atoms with Crippen LogP contribution in [0.15, 0.2) is 0 Å². The van der Waals surface area contributed by atoms with E-state index in [1.165, 1.54) is 21.6 Å². The predicted molar refractivity (Wildman–Crippen MR) is 121 cm³/mol. The summed E-state index contributed by atoms with van der Waals surface area (Å²) in [4.78, 5) is 46.4. The zero-order chi connectivity index (χ0) is 21.9. The molecule has 0 unspecified atom stereocenters. The maximum absolute atomic E-state index is 11.7. The molecule has 0 aromatic rings. The van der Waals surface area contributed by atoms with Crippen LogP contribution in [0.25, 0.3) is 0 Å². The topological polar surface area (TPSA) is 116 Å². The third kappa shape index (κ3) is 19.7. The van der Waals surface area contributed by atoms with Crippen molar-refractivity contribution in [3.63, 3.8) is 0 Å². The highest BCUT2D eigenvalue weighted by Gasteiger charge is 2.09. The van der Waals surface area contributed by atoms with E-state index in [9.17, 15) is 19.2 Å². The van der Waals surface area contributed by atoms with E-state index in [1.54, 1.807) is 0 Å². The Kier molecular flexibility index (Phi) is 17.7. The molecule has 168 valence electrons. The van der Waals surface area contributed by atoms with Crippen molar-refractivity contribution in [3.05, 3.63) is 0 Å². The summed E-state index contributed by atoms with van der Waals surface area (Å²) in [6, 6.07) is -0.968. The highest BCUT2D eigenvalue weighted by Crippen LogP contribution is 2.19. The lowest BCUT2D eigenvalue weighted by Crippen LogP contribution is -2.40. The fourth-order valence-electron chi connectivity index (χ4n) is 2.23. The van der Waals surface area contributed by atoms with Gasteiger partial charge in [-0.3, -0.25) is 20.2 Å².